The predicted octanol–water partition coefficient (Wildman–Crippen LogP) is 2.04. The summed E-state index contributed by atoms with van der Waals surface area (Å²) in [4.78, 5) is 11.3. The molecule has 0 aliphatic heterocycles. The quantitative estimate of drug-likeness (QED) is 0.890. The van der Waals surface area contributed by atoms with Crippen molar-refractivity contribution in [3.63, 3.8) is 0 Å². The lowest BCUT2D eigenvalue weighted by Gasteiger charge is -2.04. The number of benzene rings is 1. The molecule has 1 aromatic heterocycles. The monoisotopic (exact) mass is 267 g/mol. The summed E-state index contributed by atoms with van der Waals surface area (Å²) < 4.78 is 28.2. The molecule has 0 saturated carbocycles. The third-order valence-corrected chi connectivity index (χ3v) is 2.42. The Balaban J connectivity index is 2.18. The number of hydrogen-bond acceptors (Lipinski definition) is 3. The summed E-state index contributed by atoms with van der Waals surface area (Å²) in [5.41, 5.74) is 1.56. The Morgan fingerprint density at radius 2 is 2.05 bits per heavy atom. The number of H-pyrrole nitrogens is 1. The topological polar surface area (TPSA) is 67.0 Å². The number of hydrogen-bond donors (Lipinski definition) is 2. The second kappa shape index (κ2) is 5.47. The van der Waals surface area contributed by atoms with Crippen LogP contribution in [0.25, 0.3) is 11.3 Å². The van der Waals surface area contributed by atoms with Crippen molar-refractivity contribution in [3.8, 4) is 17.0 Å². The summed E-state index contributed by atoms with van der Waals surface area (Å²) in [5.74, 6) is -0.211. The SMILES string of the molecule is CNC(=O)c1cc(-c2ccc(OC(F)F)cc2)n[nH]1. The molecule has 19 heavy (non-hydrogen) atoms. The number of ether oxygens (including phenoxy) is 1. The van der Waals surface area contributed by atoms with E-state index in [0.717, 1.165) is 0 Å². The molecular formula is C12H11F2N3O2. The highest BCUT2D eigenvalue weighted by Gasteiger charge is 2.10. The lowest BCUT2D eigenvalue weighted by Crippen LogP contribution is -2.17. The van der Waals surface area contributed by atoms with Gasteiger partial charge in [-0.15, -0.1) is 0 Å². The number of carbonyl (C=O) groups excluding carboxylic acids is 1. The van der Waals surface area contributed by atoms with Crippen molar-refractivity contribution in [2.24, 2.45) is 0 Å². The first-order valence-electron chi connectivity index (χ1n) is 5.43. The average molecular weight is 267 g/mol. The Kier molecular flexibility index (Phi) is 3.74. The van der Waals surface area contributed by atoms with E-state index in [1.54, 1.807) is 18.2 Å². The summed E-state index contributed by atoms with van der Waals surface area (Å²) in [6, 6.07) is 7.57. The van der Waals surface area contributed by atoms with Gasteiger partial charge in [-0.1, -0.05) is 0 Å². The molecule has 1 aromatic carbocycles. The number of halogens is 2. The lowest BCUT2D eigenvalue weighted by molar-refractivity contribution is -0.0498. The molecule has 2 aromatic rings. The van der Waals surface area contributed by atoms with Crippen LogP contribution in [0.15, 0.2) is 30.3 Å². The highest BCUT2D eigenvalue weighted by Crippen LogP contribution is 2.22. The van der Waals surface area contributed by atoms with Gasteiger partial charge in [0.2, 0.25) is 0 Å². The zero-order valence-corrected chi connectivity index (χ0v) is 9.98. The summed E-state index contributed by atoms with van der Waals surface area (Å²) in [7, 11) is 1.51. The third-order valence-electron chi connectivity index (χ3n) is 2.42. The molecule has 0 fully saturated rings. The van der Waals surface area contributed by atoms with Crippen LogP contribution in [0.1, 0.15) is 10.5 Å². The maximum Gasteiger partial charge on any atom is 0.387 e. The first-order chi connectivity index (χ1) is 9.10. The molecule has 0 aliphatic rings. The van der Waals surface area contributed by atoms with E-state index in [2.05, 4.69) is 20.3 Å². The molecule has 1 amide bonds. The number of rotatable bonds is 4. The number of aromatic nitrogens is 2. The van der Waals surface area contributed by atoms with Crippen LogP contribution in [0, 0.1) is 0 Å². The third kappa shape index (κ3) is 3.06. The zero-order valence-electron chi connectivity index (χ0n) is 9.98. The van der Waals surface area contributed by atoms with Gasteiger partial charge in [0.25, 0.3) is 5.91 Å². The maximum absolute atomic E-state index is 12.0. The molecule has 0 aliphatic carbocycles. The molecule has 0 bridgehead atoms. The van der Waals surface area contributed by atoms with Crippen molar-refractivity contribution in [2.75, 3.05) is 7.05 Å². The van der Waals surface area contributed by atoms with Crippen molar-refractivity contribution in [1.29, 1.82) is 0 Å². The van der Waals surface area contributed by atoms with Gasteiger partial charge in [0.1, 0.15) is 11.4 Å². The Morgan fingerprint density at radius 1 is 1.37 bits per heavy atom. The fourth-order valence-corrected chi connectivity index (χ4v) is 1.53. The smallest absolute Gasteiger partial charge is 0.387 e. The van der Waals surface area contributed by atoms with E-state index in [0.29, 0.717) is 17.0 Å². The van der Waals surface area contributed by atoms with Crippen molar-refractivity contribution >= 4 is 5.91 Å². The molecule has 0 unspecified atom stereocenters. The van der Waals surface area contributed by atoms with E-state index in [9.17, 15) is 13.6 Å². The summed E-state index contributed by atoms with van der Waals surface area (Å²) in [5, 5.41) is 9.02. The van der Waals surface area contributed by atoms with E-state index < -0.39 is 6.61 Å². The van der Waals surface area contributed by atoms with Gasteiger partial charge >= 0.3 is 6.61 Å². The molecule has 0 spiro atoms. The molecule has 2 rings (SSSR count). The molecular weight excluding hydrogens is 256 g/mol. The van der Waals surface area contributed by atoms with Gasteiger partial charge in [-0.25, -0.2) is 0 Å². The van der Waals surface area contributed by atoms with E-state index in [1.165, 1.54) is 19.2 Å². The van der Waals surface area contributed by atoms with Crippen LogP contribution in [0.3, 0.4) is 0 Å². The van der Waals surface area contributed by atoms with Crippen LogP contribution in [-0.2, 0) is 0 Å². The minimum Gasteiger partial charge on any atom is -0.435 e. The van der Waals surface area contributed by atoms with Gasteiger partial charge in [-0.2, -0.15) is 13.9 Å². The van der Waals surface area contributed by atoms with Crippen LogP contribution >= 0.6 is 0 Å². The fraction of sp³-hybridized carbons (Fsp3) is 0.167. The number of nitrogens with zero attached hydrogens (tertiary/aromatic N) is 1. The van der Waals surface area contributed by atoms with Crippen molar-refractivity contribution in [1.82, 2.24) is 15.5 Å². The van der Waals surface area contributed by atoms with Gasteiger partial charge in [0.15, 0.2) is 0 Å². The second-order valence-corrected chi connectivity index (χ2v) is 3.65. The van der Waals surface area contributed by atoms with Gasteiger partial charge < -0.3 is 10.1 Å². The first-order valence-corrected chi connectivity index (χ1v) is 5.43. The van der Waals surface area contributed by atoms with E-state index in [4.69, 9.17) is 0 Å². The first kappa shape index (κ1) is 13.0. The van der Waals surface area contributed by atoms with Gasteiger partial charge in [-0.3, -0.25) is 9.89 Å². The Morgan fingerprint density at radius 3 is 2.63 bits per heavy atom. The van der Waals surface area contributed by atoms with Gasteiger partial charge in [0.05, 0.1) is 5.69 Å². The number of nitrogens with one attached hydrogen (secondary N) is 2. The standard InChI is InChI=1S/C12H11F2N3O2/c1-15-11(18)10-6-9(16-17-10)7-2-4-8(5-3-7)19-12(13)14/h2-6,12H,1H3,(H,15,18)(H,16,17). The van der Waals surface area contributed by atoms with Crippen molar-refractivity contribution < 1.29 is 18.3 Å². The van der Waals surface area contributed by atoms with Crippen LogP contribution in [0.2, 0.25) is 0 Å². The Bertz CT molecular complexity index is 567. The van der Waals surface area contributed by atoms with Gasteiger partial charge in [0, 0.05) is 12.6 Å². The molecule has 1 heterocycles. The predicted molar refractivity (Wildman–Crippen MR) is 64.0 cm³/mol. The fourth-order valence-electron chi connectivity index (χ4n) is 1.53. The van der Waals surface area contributed by atoms with Crippen LogP contribution in [-0.4, -0.2) is 29.8 Å². The lowest BCUT2D eigenvalue weighted by atomic mass is 10.1. The van der Waals surface area contributed by atoms with E-state index in [1.807, 2.05) is 0 Å². The van der Waals surface area contributed by atoms with Crippen LogP contribution in [0.4, 0.5) is 8.78 Å². The van der Waals surface area contributed by atoms with E-state index >= 15 is 0 Å². The van der Waals surface area contributed by atoms with Crippen molar-refractivity contribution in [2.45, 2.75) is 6.61 Å². The summed E-state index contributed by atoms with van der Waals surface area (Å²) in [6.07, 6.45) is 0. The number of amides is 1. The molecule has 2 N–H and O–H groups in total. The number of carbonyl (C=O) groups is 1. The Labute approximate surface area is 107 Å². The minimum absolute atomic E-state index is 0.0702. The minimum atomic E-state index is -2.85. The molecule has 5 nitrogen and oxygen atoms in total. The van der Waals surface area contributed by atoms with Crippen LogP contribution < -0.4 is 10.1 Å². The molecule has 7 heteroatoms. The van der Waals surface area contributed by atoms with Crippen LogP contribution in [0.5, 0.6) is 5.75 Å². The highest BCUT2D eigenvalue weighted by atomic mass is 19.3. The normalized spacial score (nSPS) is 10.5. The number of alkyl halides is 2. The second-order valence-electron chi connectivity index (χ2n) is 3.65. The Hall–Kier alpha value is -2.44. The molecule has 0 saturated heterocycles. The molecule has 0 radical (unpaired) electrons. The van der Waals surface area contributed by atoms with E-state index in [-0.39, 0.29) is 11.7 Å². The highest BCUT2D eigenvalue weighted by molar-refractivity contribution is 5.93. The maximum atomic E-state index is 12.0. The summed E-state index contributed by atoms with van der Waals surface area (Å²) >= 11 is 0. The van der Waals surface area contributed by atoms with Crippen molar-refractivity contribution in [3.05, 3.63) is 36.0 Å². The zero-order chi connectivity index (χ0) is 13.8. The largest absolute Gasteiger partial charge is 0.435 e. The molecule has 0 atom stereocenters. The average Bonchev–Trinajstić information content (AvgIpc) is 2.87. The molecule has 100 valence electrons. The number of aromatic amines is 1. The summed E-state index contributed by atoms with van der Waals surface area (Å²) in [6.45, 7) is -2.85. The van der Waals surface area contributed by atoms with Gasteiger partial charge in [-0.05, 0) is 30.3 Å².